The first kappa shape index (κ1) is 18.3. The third-order valence-electron chi connectivity index (χ3n) is 3.72. The molecule has 3 rings (SSSR count). The van der Waals surface area contributed by atoms with Crippen molar-refractivity contribution in [1.82, 2.24) is 0 Å². The molecule has 134 valence electrons. The second kappa shape index (κ2) is 7.83. The number of furan rings is 1. The van der Waals surface area contributed by atoms with Crippen molar-refractivity contribution >= 4 is 34.8 Å². The summed E-state index contributed by atoms with van der Waals surface area (Å²) in [5.74, 6) is 1.03. The van der Waals surface area contributed by atoms with Crippen molar-refractivity contribution in [3.8, 4) is 17.1 Å². The van der Waals surface area contributed by atoms with Gasteiger partial charge in [-0.15, -0.1) is 0 Å². The Hall–Kier alpha value is -2.47. The molecule has 3 aromatic rings. The van der Waals surface area contributed by atoms with Crippen LogP contribution in [0.5, 0.6) is 5.75 Å². The standard InChI is InChI=1S/C19H15Cl2NO4/c1-25-17-6-2-11(20)8-15(17)19(24)22-12-3-5-14(16(21)9-12)18-7-4-13(10-23)26-18/h2-9,23H,10H2,1H3,(H,22,24). The van der Waals surface area contributed by atoms with E-state index in [9.17, 15) is 4.79 Å². The highest BCUT2D eigenvalue weighted by Crippen LogP contribution is 2.32. The molecule has 0 aliphatic rings. The number of aliphatic hydroxyl groups is 1. The minimum Gasteiger partial charge on any atom is -0.496 e. The van der Waals surface area contributed by atoms with E-state index in [1.807, 2.05) is 0 Å². The van der Waals surface area contributed by atoms with Crippen LogP contribution in [0.2, 0.25) is 10.0 Å². The highest BCUT2D eigenvalue weighted by atomic mass is 35.5. The van der Waals surface area contributed by atoms with Crippen LogP contribution in [0.15, 0.2) is 52.9 Å². The number of halogens is 2. The van der Waals surface area contributed by atoms with Crippen LogP contribution >= 0.6 is 23.2 Å². The monoisotopic (exact) mass is 391 g/mol. The number of carbonyl (C=O) groups is 1. The van der Waals surface area contributed by atoms with E-state index in [0.29, 0.717) is 44.1 Å². The molecule has 0 fully saturated rings. The van der Waals surface area contributed by atoms with Gasteiger partial charge in [0.05, 0.1) is 17.7 Å². The van der Waals surface area contributed by atoms with E-state index in [1.165, 1.54) is 13.2 Å². The summed E-state index contributed by atoms with van der Waals surface area (Å²) in [6, 6.07) is 13.3. The summed E-state index contributed by atoms with van der Waals surface area (Å²) in [4.78, 5) is 12.5. The molecule has 5 nitrogen and oxygen atoms in total. The van der Waals surface area contributed by atoms with Gasteiger partial charge in [-0.05, 0) is 48.5 Å². The smallest absolute Gasteiger partial charge is 0.259 e. The van der Waals surface area contributed by atoms with Gasteiger partial charge in [0.2, 0.25) is 0 Å². The van der Waals surface area contributed by atoms with Crippen molar-refractivity contribution in [2.45, 2.75) is 6.61 Å². The van der Waals surface area contributed by atoms with Gasteiger partial charge >= 0.3 is 0 Å². The van der Waals surface area contributed by atoms with E-state index >= 15 is 0 Å². The molecule has 1 heterocycles. The molecule has 0 saturated carbocycles. The van der Waals surface area contributed by atoms with Gasteiger partial charge in [-0.2, -0.15) is 0 Å². The Morgan fingerprint density at radius 2 is 1.96 bits per heavy atom. The van der Waals surface area contributed by atoms with E-state index in [2.05, 4.69) is 5.32 Å². The summed E-state index contributed by atoms with van der Waals surface area (Å²) >= 11 is 12.3. The third kappa shape index (κ3) is 3.85. The Morgan fingerprint density at radius 3 is 2.62 bits per heavy atom. The number of benzene rings is 2. The lowest BCUT2D eigenvalue weighted by Gasteiger charge is -2.11. The molecule has 1 amide bonds. The fourth-order valence-corrected chi connectivity index (χ4v) is 2.90. The summed E-state index contributed by atoms with van der Waals surface area (Å²) in [5, 5.41) is 12.7. The van der Waals surface area contributed by atoms with Crippen LogP contribution in [0, 0.1) is 0 Å². The molecule has 7 heteroatoms. The first-order valence-electron chi connectivity index (χ1n) is 7.66. The molecule has 26 heavy (non-hydrogen) atoms. The largest absolute Gasteiger partial charge is 0.496 e. The van der Waals surface area contributed by atoms with Crippen molar-refractivity contribution < 1.29 is 19.1 Å². The van der Waals surface area contributed by atoms with Crippen molar-refractivity contribution in [2.24, 2.45) is 0 Å². The lowest BCUT2D eigenvalue weighted by Crippen LogP contribution is -2.13. The van der Waals surface area contributed by atoms with Gasteiger partial charge in [0.25, 0.3) is 5.91 Å². The molecular formula is C19H15Cl2NO4. The zero-order chi connectivity index (χ0) is 18.7. The molecule has 2 N–H and O–H groups in total. The molecular weight excluding hydrogens is 377 g/mol. The van der Waals surface area contributed by atoms with Gasteiger partial charge in [-0.1, -0.05) is 23.2 Å². The van der Waals surface area contributed by atoms with Crippen LogP contribution in [-0.4, -0.2) is 18.1 Å². The molecule has 0 bridgehead atoms. The number of ether oxygens (including phenoxy) is 1. The Kier molecular flexibility index (Phi) is 5.52. The molecule has 0 aliphatic carbocycles. The van der Waals surface area contributed by atoms with E-state index in [-0.39, 0.29) is 12.5 Å². The summed E-state index contributed by atoms with van der Waals surface area (Å²) in [6.45, 7) is -0.187. The van der Waals surface area contributed by atoms with Crippen LogP contribution in [0.1, 0.15) is 16.1 Å². The predicted octanol–water partition coefficient (Wildman–Crippen LogP) is 5.01. The molecule has 0 aliphatic heterocycles. The fraction of sp³-hybridized carbons (Fsp3) is 0.105. The second-order valence-electron chi connectivity index (χ2n) is 5.42. The van der Waals surface area contributed by atoms with Crippen LogP contribution in [0.4, 0.5) is 5.69 Å². The number of amides is 1. The number of carbonyl (C=O) groups excluding carboxylic acids is 1. The topological polar surface area (TPSA) is 71.7 Å². The number of methoxy groups -OCH3 is 1. The lowest BCUT2D eigenvalue weighted by atomic mass is 10.1. The maximum atomic E-state index is 12.5. The summed E-state index contributed by atoms with van der Waals surface area (Å²) < 4.78 is 10.7. The Morgan fingerprint density at radius 1 is 1.15 bits per heavy atom. The number of hydrogen-bond acceptors (Lipinski definition) is 4. The summed E-state index contributed by atoms with van der Waals surface area (Å²) in [7, 11) is 1.48. The van der Waals surface area contributed by atoms with Gasteiger partial charge < -0.3 is 19.6 Å². The molecule has 0 spiro atoms. The molecule has 0 radical (unpaired) electrons. The first-order chi connectivity index (χ1) is 12.5. The van der Waals surface area contributed by atoms with Crippen LogP contribution in [0.3, 0.4) is 0 Å². The normalized spacial score (nSPS) is 10.6. The van der Waals surface area contributed by atoms with Gasteiger partial charge in [0, 0.05) is 16.3 Å². The van der Waals surface area contributed by atoms with Gasteiger partial charge in [-0.3, -0.25) is 4.79 Å². The summed E-state index contributed by atoms with van der Waals surface area (Å²) in [6.07, 6.45) is 0. The van der Waals surface area contributed by atoms with Crippen LogP contribution in [0.25, 0.3) is 11.3 Å². The lowest BCUT2D eigenvalue weighted by molar-refractivity contribution is 0.102. The maximum absolute atomic E-state index is 12.5. The van der Waals surface area contributed by atoms with Gasteiger partial charge in [0.1, 0.15) is 23.9 Å². The number of nitrogens with one attached hydrogen (secondary N) is 1. The minimum absolute atomic E-state index is 0.187. The number of aliphatic hydroxyl groups excluding tert-OH is 1. The zero-order valence-corrected chi connectivity index (χ0v) is 15.3. The molecule has 1 aromatic heterocycles. The highest BCUT2D eigenvalue weighted by molar-refractivity contribution is 6.33. The van der Waals surface area contributed by atoms with Crippen LogP contribution in [-0.2, 0) is 6.61 Å². The molecule has 2 aromatic carbocycles. The van der Waals surface area contributed by atoms with E-state index < -0.39 is 0 Å². The average Bonchev–Trinajstić information content (AvgIpc) is 3.10. The van der Waals surface area contributed by atoms with Gasteiger partial charge in [-0.25, -0.2) is 0 Å². The Bertz CT molecular complexity index is 952. The van der Waals surface area contributed by atoms with Crippen molar-refractivity contribution in [1.29, 1.82) is 0 Å². The third-order valence-corrected chi connectivity index (χ3v) is 4.26. The van der Waals surface area contributed by atoms with Crippen LogP contribution < -0.4 is 10.1 Å². The average molecular weight is 392 g/mol. The number of hydrogen-bond donors (Lipinski definition) is 2. The summed E-state index contributed by atoms with van der Waals surface area (Å²) in [5.41, 5.74) is 1.49. The fourth-order valence-electron chi connectivity index (χ4n) is 2.46. The van der Waals surface area contributed by atoms with E-state index in [0.717, 1.165) is 0 Å². The predicted molar refractivity (Wildman–Crippen MR) is 101 cm³/mol. The van der Waals surface area contributed by atoms with Crippen molar-refractivity contribution in [2.75, 3.05) is 12.4 Å². The minimum atomic E-state index is -0.367. The number of rotatable bonds is 5. The molecule has 0 saturated heterocycles. The SMILES string of the molecule is COc1ccc(Cl)cc1C(=O)Nc1ccc(-c2ccc(CO)o2)c(Cl)c1. The number of anilines is 1. The van der Waals surface area contributed by atoms with E-state index in [4.69, 9.17) is 37.5 Å². The highest BCUT2D eigenvalue weighted by Gasteiger charge is 2.15. The Labute approximate surface area is 160 Å². The van der Waals surface area contributed by atoms with Crippen molar-refractivity contribution in [3.63, 3.8) is 0 Å². The first-order valence-corrected chi connectivity index (χ1v) is 8.42. The molecule has 0 unspecified atom stereocenters. The Balaban J connectivity index is 1.84. The van der Waals surface area contributed by atoms with E-state index in [1.54, 1.807) is 42.5 Å². The maximum Gasteiger partial charge on any atom is 0.259 e. The van der Waals surface area contributed by atoms with Gasteiger partial charge in [0.15, 0.2) is 0 Å². The second-order valence-corrected chi connectivity index (χ2v) is 6.26. The quantitative estimate of drug-likeness (QED) is 0.641. The zero-order valence-electron chi connectivity index (χ0n) is 13.8. The molecule has 0 atom stereocenters. The van der Waals surface area contributed by atoms with Crippen molar-refractivity contribution in [3.05, 3.63) is 69.9 Å².